The summed E-state index contributed by atoms with van der Waals surface area (Å²) in [6, 6.07) is 0. The molecule has 0 aromatic rings. The van der Waals surface area contributed by atoms with Gasteiger partial charge in [0, 0.05) is 19.6 Å². The zero-order valence-electron chi connectivity index (χ0n) is 10.6. The third-order valence-corrected chi connectivity index (χ3v) is 3.63. The lowest BCUT2D eigenvalue weighted by Crippen LogP contribution is -2.35. The molecule has 0 heterocycles. The SMILES string of the molecule is CCCC(COC)(COC)CC1CCC1. The molecule has 2 nitrogen and oxygen atoms in total. The minimum atomic E-state index is 0.281. The molecule has 1 rings (SSSR count). The van der Waals surface area contributed by atoms with Gasteiger partial charge in [-0.3, -0.25) is 0 Å². The molecule has 90 valence electrons. The van der Waals surface area contributed by atoms with E-state index in [4.69, 9.17) is 9.47 Å². The van der Waals surface area contributed by atoms with Crippen molar-refractivity contribution in [3.05, 3.63) is 0 Å². The Morgan fingerprint density at radius 3 is 2.07 bits per heavy atom. The second-order valence-corrected chi connectivity index (χ2v) is 5.12. The highest BCUT2D eigenvalue weighted by molar-refractivity contribution is 4.84. The molecular weight excluding hydrogens is 188 g/mol. The van der Waals surface area contributed by atoms with E-state index in [9.17, 15) is 0 Å². The average molecular weight is 214 g/mol. The molecule has 0 aromatic carbocycles. The van der Waals surface area contributed by atoms with Crippen LogP contribution in [0.1, 0.15) is 45.4 Å². The molecule has 1 fully saturated rings. The van der Waals surface area contributed by atoms with Crippen LogP contribution in [0.25, 0.3) is 0 Å². The number of methoxy groups -OCH3 is 2. The van der Waals surface area contributed by atoms with Crippen LogP contribution in [-0.4, -0.2) is 27.4 Å². The molecule has 0 amide bonds. The van der Waals surface area contributed by atoms with E-state index in [1.807, 2.05) is 0 Å². The number of ether oxygens (including phenoxy) is 2. The lowest BCUT2D eigenvalue weighted by molar-refractivity contribution is -0.0197. The van der Waals surface area contributed by atoms with E-state index in [1.54, 1.807) is 14.2 Å². The average Bonchev–Trinajstić information content (AvgIpc) is 2.13. The van der Waals surface area contributed by atoms with Crippen LogP contribution in [0.4, 0.5) is 0 Å². The lowest BCUT2D eigenvalue weighted by Gasteiger charge is -2.38. The van der Waals surface area contributed by atoms with E-state index in [2.05, 4.69) is 6.92 Å². The Morgan fingerprint density at radius 2 is 1.73 bits per heavy atom. The van der Waals surface area contributed by atoms with Gasteiger partial charge in [0.15, 0.2) is 0 Å². The molecular formula is C13H26O2. The molecule has 15 heavy (non-hydrogen) atoms. The summed E-state index contributed by atoms with van der Waals surface area (Å²) in [5.41, 5.74) is 0.281. The summed E-state index contributed by atoms with van der Waals surface area (Å²) in [4.78, 5) is 0. The van der Waals surface area contributed by atoms with Gasteiger partial charge in [0.25, 0.3) is 0 Å². The Morgan fingerprint density at radius 1 is 1.13 bits per heavy atom. The van der Waals surface area contributed by atoms with Crippen LogP contribution in [0.2, 0.25) is 0 Å². The van der Waals surface area contributed by atoms with Gasteiger partial charge in [0.2, 0.25) is 0 Å². The number of rotatable bonds is 8. The van der Waals surface area contributed by atoms with Crippen molar-refractivity contribution >= 4 is 0 Å². The maximum atomic E-state index is 5.40. The molecule has 0 bridgehead atoms. The van der Waals surface area contributed by atoms with Gasteiger partial charge in [0.05, 0.1) is 13.2 Å². The zero-order valence-corrected chi connectivity index (χ0v) is 10.6. The summed E-state index contributed by atoms with van der Waals surface area (Å²) in [5.74, 6) is 0.932. The monoisotopic (exact) mass is 214 g/mol. The molecule has 0 radical (unpaired) electrons. The highest BCUT2D eigenvalue weighted by atomic mass is 16.5. The van der Waals surface area contributed by atoms with Gasteiger partial charge in [0.1, 0.15) is 0 Å². The van der Waals surface area contributed by atoms with Crippen molar-refractivity contribution in [3.63, 3.8) is 0 Å². The van der Waals surface area contributed by atoms with E-state index in [0.29, 0.717) is 0 Å². The second-order valence-electron chi connectivity index (χ2n) is 5.12. The number of hydrogen-bond donors (Lipinski definition) is 0. The fourth-order valence-electron chi connectivity index (χ4n) is 2.86. The molecule has 0 aliphatic heterocycles. The predicted octanol–water partition coefficient (Wildman–Crippen LogP) is 3.26. The van der Waals surface area contributed by atoms with Gasteiger partial charge >= 0.3 is 0 Å². The topological polar surface area (TPSA) is 18.5 Å². The van der Waals surface area contributed by atoms with E-state index < -0.39 is 0 Å². The first-order chi connectivity index (χ1) is 7.26. The predicted molar refractivity (Wildman–Crippen MR) is 63.1 cm³/mol. The third kappa shape index (κ3) is 3.76. The smallest absolute Gasteiger partial charge is 0.0540 e. The van der Waals surface area contributed by atoms with Gasteiger partial charge in [-0.2, -0.15) is 0 Å². The van der Waals surface area contributed by atoms with Gasteiger partial charge in [-0.25, -0.2) is 0 Å². The summed E-state index contributed by atoms with van der Waals surface area (Å²) >= 11 is 0. The molecule has 0 spiro atoms. The van der Waals surface area contributed by atoms with Crippen LogP contribution in [0, 0.1) is 11.3 Å². The Kier molecular flexibility index (Phi) is 5.62. The molecule has 0 aromatic heterocycles. The molecule has 0 N–H and O–H groups in total. The largest absolute Gasteiger partial charge is 0.384 e. The minimum Gasteiger partial charge on any atom is -0.384 e. The van der Waals surface area contributed by atoms with Crippen molar-refractivity contribution in [1.29, 1.82) is 0 Å². The normalized spacial score (nSPS) is 17.8. The highest BCUT2D eigenvalue weighted by Crippen LogP contribution is 2.40. The summed E-state index contributed by atoms with van der Waals surface area (Å²) in [5, 5.41) is 0. The van der Waals surface area contributed by atoms with Crippen molar-refractivity contribution < 1.29 is 9.47 Å². The van der Waals surface area contributed by atoms with Gasteiger partial charge in [-0.1, -0.05) is 32.6 Å². The summed E-state index contributed by atoms with van der Waals surface area (Å²) in [6.45, 7) is 3.96. The standard InChI is InChI=1S/C13H26O2/c1-4-8-13(10-14-2,11-15-3)9-12-6-5-7-12/h12H,4-11H2,1-3H3. The molecule has 1 saturated carbocycles. The fraction of sp³-hybridized carbons (Fsp3) is 1.00. The van der Waals surface area contributed by atoms with E-state index in [-0.39, 0.29) is 5.41 Å². The van der Waals surface area contributed by atoms with Crippen LogP contribution in [0.5, 0.6) is 0 Å². The van der Waals surface area contributed by atoms with Crippen LogP contribution < -0.4 is 0 Å². The van der Waals surface area contributed by atoms with Crippen LogP contribution in [0.3, 0.4) is 0 Å². The molecule has 0 unspecified atom stereocenters. The summed E-state index contributed by atoms with van der Waals surface area (Å²) in [6.07, 6.45) is 8.00. The maximum absolute atomic E-state index is 5.40. The Balaban J connectivity index is 2.51. The van der Waals surface area contributed by atoms with Crippen molar-refractivity contribution in [2.24, 2.45) is 11.3 Å². The van der Waals surface area contributed by atoms with Crippen molar-refractivity contribution in [3.8, 4) is 0 Å². The van der Waals surface area contributed by atoms with Crippen LogP contribution >= 0.6 is 0 Å². The fourth-order valence-corrected chi connectivity index (χ4v) is 2.86. The van der Waals surface area contributed by atoms with Crippen molar-refractivity contribution in [1.82, 2.24) is 0 Å². The summed E-state index contributed by atoms with van der Waals surface area (Å²) < 4.78 is 10.8. The first-order valence-electron chi connectivity index (χ1n) is 6.24. The first kappa shape index (κ1) is 13.0. The van der Waals surface area contributed by atoms with Gasteiger partial charge < -0.3 is 9.47 Å². The van der Waals surface area contributed by atoms with Crippen LogP contribution in [-0.2, 0) is 9.47 Å². The van der Waals surface area contributed by atoms with E-state index >= 15 is 0 Å². The van der Waals surface area contributed by atoms with Crippen molar-refractivity contribution in [2.45, 2.75) is 45.4 Å². The van der Waals surface area contributed by atoms with Gasteiger partial charge in [-0.15, -0.1) is 0 Å². The minimum absolute atomic E-state index is 0.281. The quantitative estimate of drug-likeness (QED) is 0.617. The van der Waals surface area contributed by atoms with E-state index in [0.717, 1.165) is 19.1 Å². The second kappa shape index (κ2) is 6.49. The third-order valence-electron chi connectivity index (χ3n) is 3.63. The number of hydrogen-bond acceptors (Lipinski definition) is 2. The van der Waals surface area contributed by atoms with Crippen LogP contribution in [0.15, 0.2) is 0 Å². The molecule has 1 aliphatic carbocycles. The molecule has 0 saturated heterocycles. The lowest BCUT2D eigenvalue weighted by atomic mass is 9.70. The maximum Gasteiger partial charge on any atom is 0.0540 e. The Bertz CT molecular complexity index is 147. The summed E-state index contributed by atoms with van der Waals surface area (Å²) in [7, 11) is 3.61. The Labute approximate surface area is 94.3 Å². The van der Waals surface area contributed by atoms with Crippen molar-refractivity contribution in [2.75, 3.05) is 27.4 Å². The Hall–Kier alpha value is -0.0800. The molecule has 2 heteroatoms. The molecule has 0 atom stereocenters. The van der Waals surface area contributed by atoms with E-state index in [1.165, 1.54) is 38.5 Å². The highest BCUT2D eigenvalue weighted by Gasteiger charge is 2.34. The zero-order chi connectivity index (χ0) is 11.1. The molecule has 1 aliphatic rings. The first-order valence-corrected chi connectivity index (χ1v) is 6.24. The van der Waals surface area contributed by atoms with Gasteiger partial charge in [-0.05, 0) is 18.8 Å².